The van der Waals surface area contributed by atoms with Gasteiger partial charge in [-0.05, 0) is 54.8 Å². The van der Waals surface area contributed by atoms with Crippen LogP contribution in [0.5, 0.6) is 5.75 Å². The van der Waals surface area contributed by atoms with E-state index in [1.165, 1.54) is 17.5 Å². The van der Waals surface area contributed by atoms with Crippen molar-refractivity contribution in [3.8, 4) is 5.75 Å². The topological polar surface area (TPSA) is 38.5 Å². The number of ether oxygens (including phenoxy) is 1. The summed E-state index contributed by atoms with van der Waals surface area (Å²) in [6, 6.07) is 29.2. The Kier molecular flexibility index (Phi) is 6.16. The van der Waals surface area contributed by atoms with Crippen molar-refractivity contribution in [1.29, 1.82) is 0 Å². The largest absolute Gasteiger partial charge is 0.482 e. The molecule has 0 unspecified atom stereocenters. The summed E-state index contributed by atoms with van der Waals surface area (Å²) in [5, 5.41) is 0. The first kappa shape index (κ1) is 19.5. The van der Waals surface area contributed by atoms with Gasteiger partial charge < -0.3 is 15.4 Å². The summed E-state index contributed by atoms with van der Waals surface area (Å²) in [4.78, 5) is 2.58. The Bertz CT molecular complexity index is 870. The molecular weight excluding hydrogens is 356 g/mol. The molecule has 1 aliphatic heterocycles. The summed E-state index contributed by atoms with van der Waals surface area (Å²) in [6.07, 6.45) is 4.32. The van der Waals surface area contributed by atoms with Crippen LogP contribution in [0.15, 0.2) is 84.9 Å². The molecule has 1 aliphatic rings. The zero-order valence-electron chi connectivity index (χ0n) is 17.0. The Hall–Kier alpha value is -2.78. The van der Waals surface area contributed by atoms with Crippen LogP contribution < -0.4 is 10.5 Å². The van der Waals surface area contributed by atoms with Gasteiger partial charge in [-0.1, -0.05) is 60.7 Å². The van der Waals surface area contributed by atoms with Crippen molar-refractivity contribution in [3.05, 3.63) is 96.1 Å². The molecule has 3 heteroatoms. The molecule has 3 aromatic carbocycles. The summed E-state index contributed by atoms with van der Waals surface area (Å²) in [7, 11) is 0. The SMILES string of the molecule is Nc1ccc(OC2(c3ccccc3)CCN(CCCc3ccccc3)CC2)cc1. The van der Waals surface area contributed by atoms with Crippen LogP contribution in [0.2, 0.25) is 0 Å². The van der Waals surface area contributed by atoms with Crippen LogP contribution in [0.25, 0.3) is 0 Å². The van der Waals surface area contributed by atoms with Crippen LogP contribution in [-0.2, 0) is 12.0 Å². The molecule has 0 aromatic heterocycles. The Labute approximate surface area is 174 Å². The van der Waals surface area contributed by atoms with Crippen LogP contribution in [0.3, 0.4) is 0 Å². The second-order valence-corrected chi connectivity index (χ2v) is 7.96. The molecule has 1 heterocycles. The van der Waals surface area contributed by atoms with E-state index in [2.05, 4.69) is 65.6 Å². The fraction of sp³-hybridized carbons (Fsp3) is 0.308. The number of anilines is 1. The number of piperidine rings is 1. The van der Waals surface area contributed by atoms with Gasteiger partial charge >= 0.3 is 0 Å². The molecule has 1 saturated heterocycles. The number of rotatable bonds is 7. The average Bonchev–Trinajstić information content (AvgIpc) is 2.78. The maximum absolute atomic E-state index is 6.62. The number of benzene rings is 3. The second-order valence-electron chi connectivity index (χ2n) is 7.96. The summed E-state index contributed by atoms with van der Waals surface area (Å²) < 4.78 is 6.62. The lowest BCUT2D eigenvalue weighted by Crippen LogP contribution is -2.46. The van der Waals surface area contributed by atoms with Gasteiger partial charge in [0.05, 0.1) is 0 Å². The van der Waals surface area contributed by atoms with Crippen molar-refractivity contribution in [1.82, 2.24) is 4.90 Å². The van der Waals surface area contributed by atoms with E-state index in [0.29, 0.717) is 0 Å². The molecular formula is C26H30N2O. The fourth-order valence-corrected chi connectivity index (χ4v) is 4.24. The number of nitrogens with zero attached hydrogens (tertiary/aromatic N) is 1. The van der Waals surface area contributed by atoms with Gasteiger partial charge in [0, 0.05) is 31.6 Å². The fourth-order valence-electron chi connectivity index (χ4n) is 4.24. The maximum Gasteiger partial charge on any atom is 0.136 e. The van der Waals surface area contributed by atoms with Gasteiger partial charge in [-0.15, -0.1) is 0 Å². The van der Waals surface area contributed by atoms with Gasteiger partial charge in [0.25, 0.3) is 0 Å². The highest BCUT2D eigenvalue weighted by Gasteiger charge is 2.38. The van der Waals surface area contributed by atoms with Crippen LogP contribution in [0.1, 0.15) is 30.4 Å². The predicted octanol–water partition coefficient (Wildman–Crippen LogP) is 5.27. The highest BCUT2D eigenvalue weighted by Crippen LogP contribution is 2.38. The third-order valence-corrected chi connectivity index (χ3v) is 5.94. The Balaban J connectivity index is 1.40. The molecule has 0 radical (unpaired) electrons. The molecule has 3 nitrogen and oxygen atoms in total. The van der Waals surface area contributed by atoms with E-state index in [1.807, 2.05) is 24.3 Å². The predicted molar refractivity (Wildman–Crippen MR) is 120 cm³/mol. The minimum absolute atomic E-state index is 0.271. The molecule has 1 fully saturated rings. The molecule has 150 valence electrons. The second kappa shape index (κ2) is 9.15. The molecule has 0 spiro atoms. The normalized spacial score (nSPS) is 16.4. The quantitative estimate of drug-likeness (QED) is 0.562. The minimum atomic E-state index is -0.271. The Morgan fingerprint density at radius 1 is 0.793 bits per heavy atom. The first-order chi connectivity index (χ1) is 14.2. The zero-order valence-corrected chi connectivity index (χ0v) is 17.0. The van der Waals surface area contributed by atoms with Gasteiger partial charge in [0.1, 0.15) is 11.4 Å². The Morgan fingerprint density at radius 3 is 2.07 bits per heavy atom. The minimum Gasteiger partial charge on any atom is -0.482 e. The molecule has 0 aliphatic carbocycles. The maximum atomic E-state index is 6.62. The molecule has 3 aromatic rings. The van der Waals surface area contributed by atoms with Crippen LogP contribution in [0, 0.1) is 0 Å². The smallest absolute Gasteiger partial charge is 0.136 e. The van der Waals surface area contributed by atoms with Crippen molar-refractivity contribution in [2.75, 3.05) is 25.4 Å². The lowest BCUT2D eigenvalue weighted by molar-refractivity contribution is -0.00296. The third-order valence-electron chi connectivity index (χ3n) is 5.94. The monoisotopic (exact) mass is 386 g/mol. The molecule has 29 heavy (non-hydrogen) atoms. The van der Waals surface area contributed by atoms with Crippen molar-refractivity contribution in [2.45, 2.75) is 31.3 Å². The number of nitrogens with two attached hydrogens (primary N) is 1. The van der Waals surface area contributed by atoms with E-state index < -0.39 is 0 Å². The molecule has 0 atom stereocenters. The Morgan fingerprint density at radius 2 is 1.41 bits per heavy atom. The van der Waals surface area contributed by atoms with Crippen LogP contribution >= 0.6 is 0 Å². The number of likely N-dealkylation sites (tertiary alicyclic amines) is 1. The van der Waals surface area contributed by atoms with E-state index in [0.717, 1.165) is 50.3 Å². The van der Waals surface area contributed by atoms with Gasteiger partial charge in [0.15, 0.2) is 0 Å². The summed E-state index contributed by atoms with van der Waals surface area (Å²) in [6.45, 7) is 3.25. The molecule has 2 N–H and O–H groups in total. The molecule has 4 rings (SSSR count). The first-order valence-corrected chi connectivity index (χ1v) is 10.6. The van der Waals surface area contributed by atoms with Crippen molar-refractivity contribution < 1.29 is 4.74 Å². The van der Waals surface area contributed by atoms with Crippen molar-refractivity contribution in [2.24, 2.45) is 0 Å². The number of hydrogen-bond donors (Lipinski definition) is 1. The van der Waals surface area contributed by atoms with E-state index in [-0.39, 0.29) is 5.60 Å². The van der Waals surface area contributed by atoms with Crippen molar-refractivity contribution >= 4 is 5.69 Å². The lowest BCUT2D eigenvalue weighted by atomic mass is 9.84. The zero-order chi connectivity index (χ0) is 19.9. The van der Waals surface area contributed by atoms with E-state index >= 15 is 0 Å². The van der Waals surface area contributed by atoms with Crippen LogP contribution in [0.4, 0.5) is 5.69 Å². The average molecular weight is 387 g/mol. The van der Waals surface area contributed by atoms with Gasteiger partial charge in [-0.2, -0.15) is 0 Å². The van der Waals surface area contributed by atoms with Gasteiger partial charge in [-0.25, -0.2) is 0 Å². The molecule has 0 saturated carbocycles. The third kappa shape index (κ3) is 4.99. The van der Waals surface area contributed by atoms with E-state index in [4.69, 9.17) is 10.5 Å². The molecule has 0 bridgehead atoms. The van der Waals surface area contributed by atoms with E-state index in [1.54, 1.807) is 0 Å². The van der Waals surface area contributed by atoms with E-state index in [9.17, 15) is 0 Å². The lowest BCUT2D eigenvalue weighted by Gasteiger charge is -2.42. The first-order valence-electron chi connectivity index (χ1n) is 10.6. The highest BCUT2D eigenvalue weighted by atomic mass is 16.5. The van der Waals surface area contributed by atoms with Gasteiger partial charge in [-0.3, -0.25) is 0 Å². The standard InChI is InChI=1S/C26H30N2O/c27-24-13-15-25(16-14-24)29-26(23-11-5-2-6-12-23)17-20-28(21-18-26)19-7-10-22-8-3-1-4-9-22/h1-6,8-9,11-16H,7,10,17-21,27H2. The van der Waals surface area contributed by atoms with Crippen molar-refractivity contribution in [3.63, 3.8) is 0 Å². The molecule has 0 amide bonds. The summed E-state index contributed by atoms with van der Waals surface area (Å²) in [5.74, 6) is 0.889. The number of hydrogen-bond acceptors (Lipinski definition) is 3. The summed E-state index contributed by atoms with van der Waals surface area (Å²) >= 11 is 0. The highest BCUT2D eigenvalue weighted by molar-refractivity contribution is 5.42. The van der Waals surface area contributed by atoms with Gasteiger partial charge in [0.2, 0.25) is 0 Å². The number of aryl methyl sites for hydroxylation is 1. The van der Waals surface area contributed by atoms with Crippen LogP contribution in [-0.4, -0.2) is 24.5 Å². The number of nitrogen functional groups attached to an aromatic ring is 1. The summed E-state index contributed by atoms with van der Waals surface area (Å²) in [5.41, 5.74) is 9.03.